The number of hydrogen-bond acceptors (Lipinski definition) is 6. The smallest absolute Gasteiger partial charge is 0.438 e. The van der Waals surface area contributed by atoms with Crippen LogP contribution in [0.2, 0.25) is 0 Å². The quantitative estimate of drug-likeness (QED) is 0.368. The Kier molecular flexibility index (Phi) is 4.10. The molecule has 1 aromatic heterocycles. The van der Waals surface area contributed by atoms with Crippen molar-refractivity contribution in [3.63, 3.8) is 0 Å². The molecule has 0 aliphatic carbocycles. The van der Waals surface area contributed by atoms with Crippen molar-refractivity contribution in [3.05, 3.63) is 24.1 Å². The fourth-order valence-electron chi connectivity index (χ4n) is 1.06. The van der Waals surface area contributed by atoms with E-state index in [2.05, 4.69) is 4.98 Å². The summed E-state index contributed by atoms with van der Waals surface area (Å²) in [6, 6.07) is 5.17. The van der Waals surface area contributed by atoms with E-state index in [1.165, 1.54) is 0 Å². The van der Waals surface area contributed by atoms with Gasteiger partial charge in [-0.1, -0.05) is 0 Å². The van der Waals surface area contributed by atoms with Crippen molar-refractivity contribution in [2.45, 2.75) is 6.61 Å². The van der Waals surface area contributed by atoms with Crippen molar-refractivity contribution >= 4 is 24.5 Å². The molecule has 1 aromatic carbocycles. The maximum absolute atomic E-state index is 8.72. The number of hydrogen-bond donors (Lipinski definition) is 4. The number of nitrogens with zero attached hydrogens (tertiary/aromatic N) is 1. The van der Waals surface area contributed by atoms with E-state index in [0.717, 1.165) is 0 Å². The van der Waals surface area contributed by atoms with Gasteiger partial charge in [0.2, 0.25) is 5.89 Å². The number of oxazole rings is 1. The van der Waals surface area contributed by atoms with E-state index in [0.29, 0.717) is 22.7 Å². The molecule has 0 fully saturated rings. The zero-order valence-electron chi connectivity index (χ0n) is 7.79. The van der Waals surface area contributed by atoms with Crippen LogP contribution >= 0.6 is 0 Å². The van der Waals surface area contributed by atoms with Crippen molar-refractivity contribution in [1.29, 1.82) is 0 Å². The number of aromatic nitrogens is 1. The van der Waals surface area contributed by atoms with E-state index in [-0.39, 0.29) is 14.3 Å². The first-order valence-electron chi connectivity index (χ1n) is 4.07. The van der Waals surface area contributed by atoms with Gasteiger partial charge < -0.3 is 25.3 Å². The van der Waals surface area contributed by atoms with Crippen LogP contribution in [0, 0.1) is 0 Å². The van der Waals surface area contributed by atoms with Crippen LogP contribution in [0.4, 0.5) is 5.69 Å². The fraction of sp³-hybridized carbons (Fsp3) is 0.125. The van der Waals surface area contributed by atoms with E-state index in [1.807, 2.05) is 0 Å². The molecule has 2 aromatic rings. The Bertz CT molecular complexity index is 431. The van der Waals surface area contributed by atoms with Crippen molar-refractivity contribution in [1.82, 2.24) is 4.98 Å². The molecule has 0 unspecified atom stereocenters. The van der Waals surface area contributed by atoms with Crippen molar-refractivity contribution < 1.29 is 19.6 Å². The second-order valence-electron chi connectivity index (χ2n) is 2.61. The summed E-state index contributed by atoms with van der Waals surface area (Å²) in [4.78, 5) is 4.00. The molecule has 0 atom stereocenters. The Morgan fingerprint density at radius 3 is 2.67 bits per heavy atom. The Morgan fingerprint density at radius 2 is 2.07 bits per heavy atom. The van der Waals surface area contributed by atoms with Gasteiger partial charge in [-0.3, -0.25) is 0 Å². The summed E-state index contributed by atoms with van der Waals surface area (Å²) in [6.45, 7) is -0.186. The largest absolute Gasteiger partial charge is 0.482 e. The second kappa shape index (κ2) is 5.35. The van der Waals surface area contributed by atoms with E-state index < -0.39 is 0 Å². The number of benzene rings is 1. The highest BCUT2D eigenvalue weighted by atomic mass is 16.4. The average Bonchev–Trinajstić information content (AvgIpc) is 2.61. The van der Waals surface area contributed by atoms with Crippen LogP contribution < -0.4 is 5.73 Å². The number of nitrogen functional groups attached to an aromatic ring is 1. The normalized spacial score (nSPS) is 9.53. The van der Waals surface area contributed by atoms with Crippen LogP contribution in [-0.4, -0.2) is 27.8 Å². The maximum atomic E-state index is 8.72. The lowest BCUT2D eigenvalue weighted by molar-refractivity contribution is 0.244. The first-order valence-corrected chi connectivity index (χ1v) is 4.07. The minimum atomic E-state index is -0.186. The summed E-state index contributed by atoms with van der Waals surface area (Å²) in [5, 5.41) is 22.7. The maximum Gasteiger partial charge on any atom is 0.482 e. The highest BCUT2D eigenvalue weighted by molar-refractivity contribution is 6.13. The van der Waals surface area contributed by atoms with Crippen LogP contribution in [-0.2, 0) is 6.61 Å². The summed E-state index contributed by atoms with van der Waals surface area (Å²) in [6.07, 6.45) is 0. The average molecular weight is 209 g/mol. The van der Waals surface area contributed by atoms with E-state index >= 15 is 0 Å². The monoisotopic (exact) mass is 209 g/mol. The lowest BCUT2D eigenvalue weighted by Gasteiger charge is -1.88. The van der Waals surface area contributed by atoms with Gasteiger partial charge in [-0.2, -0.15) is 0 Å². The number of fused-ring (bicyclic) bond motifs is 1. The van der Waals surface area contributed by atoms with Gasteiger partial charge in [0.1, 0.15) is 12.1 Å². The first-order chi connectivity index (χ1) is 7.21. The van der Waals surface area contributed by atoms with Crippen LogP contribution in [0.3, 0.4) is 0 Å². The van der Waals surface area contributed by atoms with Gasteiger partial charge >= 0.3 is 7.69 Å². The summed E-state index contributed by atoms with van der Waals surface area (Å²) in [5.74, 6) is 0.315. The van der Waals surface area contributed by atoms with Crippen LogP contribution in [0.1, 0.15) is 5.89 Å². The molecule has 6 nitrogen and oxygen atoms in total. The molecule has 0 saturated heterocycles. The summed E-state index contributed by atoms with van der Waals surface area (Å²) >= 11 is 0. The van der Waals surface area contributed by atoms with E-state index in [4.69, 9.17) is 25.3 Å². The molecule has 2 rings (SSSR count). The standard InChI is InChI=1S/C8H8N2O2.BH2O2/c9-5-1-2-7-6(3-5)10-8(4-11)12-7;2-1-3/h1-3,11H,4,9H2;2-3H. The van der Waals surface area contributed by atoms with Crippen LogP contribution in [0.5, 0.6) is 0 Å². The Morgan fingerprint density at radius 1 is 1.40 bits per heavy atom. The minimum absolute atomic E-state index is 0. The summed E-state index contributed by atoms with van der Waals surface area (Å²) in [5.41, 5.74) is 7.50. The molecule has 1 heterocycles. The van der Waals surface area contributed by atoms with Gasteiger partial charge in [0.25, 0.3) is 0 Å². The van der Waals surface area contributed by atoms with Gasteiger partial charge in [0.05, 0.1) is 0 Å². The molecule has 7 heteroatoms. The third-order valence-corrected chi connectivity index (χ3v) is 1.59. The molecular formula is C8H10BN2O4. The highest BCUT2D eigenvalue weighted by Gasteiger charge is 2.03. The number of rotatable bonds is 1. The molecule has 0 aliphatic rings. The molecule has 0 spiro atoms. The Hall–Kier alpha value is -1.57. The van der Waals surface area contributed by atoms with Crippen molar-refractivity contribution in [2.75, 3.05) is 5.73 Å². The van der Waals surface area contributed by atoms with Gasteiger partial charge in [-0.05, 0) is 18.2 Å². The lowest BCUT2D eigenvalue weighted by Crippen LogP contribution is -1.82. The van der Waals surface area contributed by atoms with Gasteiger partial charge in [-0.25, -0.2) is 4.98 Å². The highest BCUT2D eigenvalue weighted by Crippen LogP contribution is 2.17. The molecule has 79 valence electrons. The summed E-state index contributed by atoms with van der Waals surface area (Å²) in [7, 11) is 0. The Labute approximate surface area is 86.3 Å². The molecule has 1 radical (unpaired) electrons. The van der Waals surface area contributed by atoms with Crippen molar-refractivity contribution in [3.8, 4) is 0 Å². The zero-order chi connectivity index (χ0) is 11.3. The fourth-order valence-corrected chi connectivity index (χ4v) is 1.06. The predicted octanol–water partition coefficient (Wildman–Crippen LogP) is -0.593. The van der Waals surface area contributed by atoms with E-state index in [9.17, 15) is 0 Å². The predicted molar refractivity (Wildman–Crippen MR) is 54.5 cm³/mol. The number of aliphatic hydroxyl groups excluding tert-OH is 1. The van der Waals surface area contributed by atoms with Gasteiger partial charge in [0.15, 0.2) is 5.58 Å². The van der Waals surface area contributed by atoms with Crippen LogP contribution in [0.25, 0.3) is 11.1 Å². The number of nitrogens with two attached hydrogens (primary N) is 1. The summed E-state index contributed by atoms with van der Waals surface area (Å²) < 4.78 is 5.16. The molecular weight excluding hydrogens is 199 g/mol. The minimum Gasteiger partial charge on any atom is -0.438 e. The molecule has 5 N–H and O–H groups in total. The lowest BCUT2D eigenvalue weighted by atomic mass is 10.3. The van der Waals surface area contributed by atoms with Crippen LogP contribution in [0.15, 0.2) is 22.6 Å². The Balaban J connectivity index is 0.000000337. The van der Waals surface area contributed by atoms with E-state index in [1.54, 1.807) is 18.2 Å². The molecule has 0 bridgehead atoms. The zero-order valence-corrected chi connectivity index (χ0v) is 7.79. The molecule has 0 amide bonds. The number of aliphatic hydroxyl groups is 1. The molecule has 0 aliphatic heterocycles. The third-order valence-electron chi connectivity index (χ3n) is 1.59. The van der Waals surface area contributed by atoms with Gasteiger partial charge in [0, 0.05) is 5.69 Å². The topological polar surface area (TPSA) is 113 Å². The SMILES string of the molecule is Nc1ccc2oc(CO)nc2c1.O[B]O. The number of anilines is 1. The molecule has 0 saturated carbocycles. The second-order valence-corrected chi connectivity index (χ2v) is 2.61. The van der Waals surface area contributed by atoms with Crippen molar-refractivity contribution in [2.24, 2.45) is 0 Å². The first kappa shape index (κ1) is 11.5. The third kappa shape index (κ3) is 2.95. The molecule has 15 heavy (non-hydrogen) atoms. The van der Waals surface area contributed by atoms with Gasteiger partial charge in [-0.15, -0.1) is 0 Å².